The number of nitrogens with zero attached hydrogens (tertiary/aromatic N) is 1. The first kappa shape index (κ1) is 22.3. The molecule has 2 aromatic rings. The molecule has 0 radical (unpaired) electrons. The van der Waals surface area contributed by atoms with Gasteiger partial charge in [-0.25, -0.2) is 4.79 Å². The SMILES string of the molecule is CC(C)(C)OC(=O)N[C@@H](Cc1ccccc1)C(=O)N1c2ccccc2C[C@@H]1CC(=O)O. The van der Waals surface area contributed by atoms with Gasteiger partial charge < -0.3 is 20.1 Å². The normalized spacial score (nSPS) is 16.4. The van der Waals surface area contributed by atoms with E-state index < -0.39 is 29.7 Å². The number of para-hydroxylation sites is 1. The van der Waals surface area contributed by atoms with E-state index >= 15 is 0 Å². The van der Waals surface area contributed by atoms with Crippen LogP contribution in [-0.2, 0) is 27.2 Å². The minimum absolute atomic E-state index is 0.176. The number of aliphatic carboxylic acids is 1. The molecule has 7 nitrogen and oxygen atoms in total. The molecule has 0 aliphatic carbocycles. The van der Waals surface area contributed by atoms with Crippen LogP contribution in [0.25, 0.3) is 0 Å². The van der Waals surface area contributed by atoms with Crippen molar-refractivity contribution in [3.63, 3.8) is 0 Å². The fraction of sp³-hybridized carbons (Fsp3) is 0.375. The van der Waals surface area contributed by atoms with Crippen molar-refractivity contribution in [2.75, 3.05) is 4.90 Å². The molecule has 7 heteroatoms. The molecule has 1 heterocycles. The second-order valence-corrected chi connectivity index (χ2v) is 8.68. The monoisotopic (exact) mass is 424 g/mol. The van der Waals surface area contributed by atoms with Crippen LogP contribution in [-0.4, -0.2) is 40.8 Å². The lowest BCUT2D eigenvalue weighted by Gasteiger charge is -2.30. The summed E-state index contributed by atoms with van der Waals surface area (Å²) >= 11 is 0. The molecule has 0 saturated heterocycles. The van der Waals surface area contributed by atoms with Crippen molar-refractivity contribution in [2.24, 2.45) is 0 Å². The molecule has 2 atom stereocenters. The molecular formula is C24H28N2O5. The van der Waals surface area contributed by atoms with Gasteiger partial charge in [0.05, 0.1) is 12.5 Å². The van der Waals surface area contributed by atoms with Crippen molar-refractivity contribution in [1.29, 1.82) is 0 Å². The first-order chi connectivity index (χ1) is 14.6. The summed E-state index contributed by atoms with van der Waals surface area (Å²) < 4.78 is 5.36. The standard InChI is InChI=1S/C24H28N2O5/c1-24(2,3)31-23(30)25-19(13-16-9-5-4-6-10-16)22(29)26-18(15-21(27)28)14-17-11-7-8-12-20(17)26/h4-12,18-19H,13-15H2,1-3H3,(H,25,30)(H,27,28)/t18-,19+/m1/s1. The van der Waals surface area contributed by atoms with Gasteiger partial charge in [-0.1, -0.05) is 48.5 Å². The van der Waals surface area contributed by atoms with Gasteiger partial charge in [0.25, 0.3) is 0 Å². The van der Waals surface area contributed by atoms with Crippen LogP contribution in [0.4, 0.5) is 10.5 Å². The van der Waals surface area contributed by atoms with E-state index in [9.17, 15) is 19.5 Å². The van der Waals surface area contributed by atoms with Crippen LogP contribution in [0, 0.1) is 0 Å². The predicted molar refractivity (Wildman–Crippen MR) is 117 cm³/mol. The van der Waals surface area contributed by atoms with Gasteiger partial charge in [-0.05, 0) is 44.4 Å². The van der Waals surface area contributed by atoms with Crippen molar-refractivity contribution in [2.45, 2.75) is 57.7 Å². The smallest absolute Gasteiger partial charge is 0.408 e. The van der Waals surface area contributed by atoms with Crippen molar-refractivity contribution >= 4 is 23.7 Å². The number of rotatable bonds is 6. The number of amides is 2. The van der Waals surface area contributed by atoms with Gasteiger partial charge in [-0.15, -0.1) is 0 Å². The topological polar surface area (TPSA) is 95.9 Å². The Morgan fingerprint density at radius 3 is 2.39 bits per heavy atom. The zero-order valence-electron chi connectivity index (χ0n) is 18.0. The molecule has 0 spiro atoms. The van der Waals surface area contributed by atoms with E-state index in [-0.39, 0.29) is 18.7 Å². The molecule has 1 aliphatic heterocycles. The molecule has 0 aromatic heterocycles. The number of fused-ring (bicyclic) bond motifs is 1. The lowest BCUT2D eigenvalue weighted by Crippen LogP contribution is -2.53. The summed E-state index contributed by atoms with van der Waals surface area (Å²) in [5, 5.41) is 12.1. The summed E-state index contributed by atoms with van der Waals surface area (Å²) in [6, 6.07) is 15.3. The first-order valence-electron chi connectivity index (χ1n) is 10.3. The number of hydrogen-bond acceptors (Lipinski definition) is 4. The third-order valence-corrected chi connectivity index (χ3v) is 4.99. The molecule has 3 rings (SSSR count). The summed E-state index contributed by atoms with van der Waals surface area (Å²) in [5.41, 5.74) is 1.76. The Kier molecular flexibility index (Phi) is 6.63. The molecule has 0 saturated carbocycles. The number of hydrogen-bond donors (Lipinski definition) is 2. The maximum absolute atomic E-state index is 13.7. The minimum Gasteiger partial charge on any atom is -0.481 e. The van der Waals surface area contributed by atoms with Crippen LogP contribution in [0.3, 0.4) is 0 Å². The molecule has 2 amide bonds. The summed E-state index contributed by atoms with van der Waals surface area (Å²) in [6.07, 6.45) is -0.148. The number of carboxylic acid groups (broad SMARTS) is 1. The van der Waals surface area contributed by atoms with Crippen LogP contribution in [0.2, 0.25) is 0 Å². The fourth-order valence-corrected chi connectivity index (χ4v) is 3.79. The van der Waals surface area contributed by atoms with Gasteiger partial charge in [-0.2, -0.15) is 0 Å². The van der Waals surface area contributed by atoms with Crippen LogP contribution in [0.5, 0.6) is 0 Å². The summed E-state index contributed by atoms with van der Waals surface area (Å²) in [5.74, 6) is -1.33. The number of carbonyl (C=O) groups excluding carboxylic acids is 2. The molecule has 2 N–H and O–H groups in total. The zero-order valence-corrected chi connectivity index (χ0v) is 18.0. The van der Waals surface area contributed by atoms with E-state index in [0.717, 1.165) is 11.1 Å². The van der Waals surface area contributed by atoms with Crippen molar-refractivity contribution < 1.29 is 24.2 Å². The number of benzene rings is 2. The first-order valence-corrected chi connectivity index (χ1v) is 10.3. The quantitative estimate of drug-likeness (QED) is 0.739. The van der Waals surface area contributed by atoms with Crippen molar-refractivity contribution in [3.8, 4) is 0 Å². The highest BCUT2D eigenvalue weighted by molar-refractivity contribution is 6.01. The summed E-state index contributed by atoms with van der Waals surface area (Å²) in [4.78, 5) is 39.1. The Morgan fingerprint density at radius 2 is 1.74 bits per heavy atom. The highest BCUT2D eigenvalue weighted by atomic mass is 16.6. The summed E-state index contributed by atoms with van der Waals surface area (Å²) in [6.45, 7) is 5.25. The van der Waals surface area contributed by atoms with Gasteiger partial charge >= 0.3 is 12.1 Å². The highest BCUT2D eigenvalue weighted by Crippen LogP contribution is 2.34. The van der Waals surface area contributed by atoms with Gasteiger partial charge in [0.1, 0.15) is 11.6 Å². The molecule has 0 bridgehead atoms. The van der Waals surface area contributed by atoms with Crippen LogP contribution in [0.15, 0.2) is 54.6 Å². The molecule has 0 fully saturated rings. The van der Waals surface area contributed by atoms with Crippen LogP contribution < -0.4 is 10.2 Å². The average molecular weight is 424 g/mol. The molecular weight excluding hydrogens is 396 g/mol. The Hall–Kier alpha value is -3.35. The average Bonchev–Trinajstić information content (AvgIpc) is 3.03. The van der Waals surface area contributed by atoms with Gasteiger partial charge in [0, 0.05) is 12.1 Å². The molecule has 0 unspecified atom stereocenters. The Bertz CT molecular complexity index is 952. The fourth-order valence-electron chi connectivity index (χ4n) is 3.79. The van der Waals surface area contributed by atoms with E-state index in [0.29, 0.717) is 12.1 Å². The lowest BCUT2D eigenvalue weighted by molar-refractivity contribution is -0.137. The number of ether oxygens (including phenoxy) is 1. The van der Waals surface area contributed by atoms with Gasteiger partial charge in [-0.3, -0.25) is 9.59 Å². The molecule has 31 heavy (non-hydrogen) atoms. The largest absolute Gasteiger partial charge is 0.481 e. The Labute approximate surface area is 182 Å². The van der Waals surface area contributed by atoms with Crippen LogP contribution in [0.1, 0.15) is 38.3 Å². The van der Waals surface area contributed by atoms with E-state index in [1.165, 1.54) is 4.90 Å². The van der Waals surface area contributed by atoms with Crippen LogP contribution >= 0.6 is 0 Å². The Morgan fingerprint density at radius 1 is 1.10 bits per heavy atom. The minimum atomic E-state index is -0.977. The molecule has 2 aromatic carbocycles. The second-order valence-electron chi connectivity index (χ2n) is 8.68. The highest BCUT2D eigenvalue weighted by Gasteiger charge is 2.38. The Balaban J connectivity index is 1.91. The second kappa shape index (κ2) is 9.20. The number of nitrogens with one attached hydrogen (secondary N) is 1. The molecule has 1 aliphatic rings. The third kappa shape index (κ3) is 5.84. The number of carboxylic acids is 1. The molecule has 164 valence electrons. The maximum atomic E-state index is 13.7. The van der Waals surface area contributed by atoms with Crippen molar-refractivity contribution in [1.82, 2.24) is 5.32 Å². The van der Waals surface area contributed by atoms with Gasteiger partial charge in [0.15, 0.2) is 0 Å². The number of carbonyl (C=O) groups is 3. The van der Waals surface area contributed by atoms with Crippen molar-refractivity contribution in [3.05, 3.63) is 65.7 Å². The number of alkyl carbamates (subject to hydrolysis) is 1. The van der Waals surface area contributed by atoms with E-state index in [1.807, 2.05) is 54.6 Å². The predicted octanol–water partition coefficient (Wildman–Crippen LogP) is 3.56. The third-order valence-electron chi connectivity index (χ3n) is 4.99. The zero-order chi connectivity index (χ0) is 22.6. The number of anilines is 1. The van der Waals surface area contributed by atoms with Gasteiger partial charge in [0.2, 0.25) is 5.91 Å². The lowest BCUT2D eigenvalue weighted by atomic mass is 10.0. The van der Waals surface area contributed by atoms with E-state index in [2.05, 4.69) is 5.32 Å². The summed E-state index contributed by atoms with van der Waals surface area (Å²) in [7, 11) is 0. The van der Waals surface area contributed by atoms with E-state index in [4.69, 9.17) is 4.74 Å². The van der Waals surface area contributed by atoms with E-state index in [1.54, 1.807) is 20.8 Å². The maximum Gasteiger partial charge on any atom is 0.408 e.